The van der Waals surface area contributed by atoms with E-state index in [9.17, 15) is 0 Å². The number of benzene rings is 1. The van der Waals surface area contributed by atoms with Gasteiger partial charge in [-0.1, -0.05) is 18.2 Å². The number of nitrogens with zero attached hydrogens (tertiary/aromatic N) is 3. The van der Waals surface area contributed by atoms with Crippen molar-refractivity contribution >= 4 is 0 Å². The summed E-state index contributed by atoms with van der Waals surface area (Å²) in [6, 6.07) is 7.70. The van der Waals surface area contributed by atoms with Gasteiger partial charge in [-0.3, -0.25) is 0 Å². The molecule has 1 aliphatic rings. The van der Waals surface area contributed by atoms with Crippen LogP contribution in [0.2, 0.25) is 0 Å². The van der Waals surface area contributed by atoms with Gasteiger partial charge in [0.2, 0.25) is 0 Å². The first kappa shape index (κ1) is 7.00. The van der Waals surface area contributed by atoms with Crippen LogP contribution in [0.1, 0.15) is 5.56 Å². The van der Waals surface area contributed by atoms with Crippen molar-refractivity contribution in [3.63, 3.8) is 0 Å². The summed E-state index contributed by atoms with van der Waals surface area (Å²) >= 11 is 0. The van der Waals surface area contributed by atoms with Gasteiger partial charge in [-0.25, -0.2) is 0 Å². The second-order valence-corrected chi connectivity index (χ2v) is 2.59. The molecule has 1 unspecified atom stereocenters. The second-order valence-electron chi connectivity index (χ2n) is 2.59. The average Bonchev–Trinajstić information content (AvgIpc) is 2.47. The van der Waals surface area contributed by atoms with Crippen LogP contribution in [0.15, 0.2) is 29.4 Å². The SMILES string of the molecule is [N-]=[N+]=NC1Cc2ccccc2O1. The summed E-state index contributed by atoms with van der Waals surface area (Å²) in [5.41, 5.74) is 9.29. The molecule has 0 radical (unpaired) electrons. The molecule has 0 spiro atoms. The molecular weight excluding hydrogens is 154 g/mol. The fourth-order valence-electron chi connectivity index (χ4n) is 1.29. The van der Waals surface area contributed by atoms with Gasteiger partial charge in [0.25, 0.3) is 0 Å². The van der Waals surface area contributed by atoms with Crippen LogP contribution in [-0.2, 0) is 6.42 Å². The van der Waals surface area contributed by atoms with Crippen molar-refractivity contribution in [3.05, 3.63) is 40.3 Å². The normalized spacial score (nSPS) is 19.2. The third kappa shape index (κ3) is 1.08. The van der Waals surface area contributed by atoms with E-state index in [1.807, 2.05) is 24.3 Å². The summed E-state index contributed by atoms with van der Waals surface area (Å²) in [6.07, 6.45) is 0.327. The molecule has 2 rings (SSSR count). The Morgan fingerprint density at radius 2 is 2.33 bits per heavy atom. The molecule has 60 valence electrons. The van der Waals surface area contributed by atoms with Gasteiger partial charge in [0, 0.05) is 11.3 Å². The Kier molecular flexibility index (Phi) is 1.61. The first-order valence-corrected chi connectivity index (χ1v) is 3.69. The number of azide groups is 1. The highest BCUT2D eigenvalue weighted by Gasteiger charge is 2.20. The molecule has 1 aromatic rings. The molecule has 0 N–H and O–H groups in total. The Morgan fingerprint density at radius 3 is 3.08 bits per heavy atom. The zero-order chi connectivity index (χ0) is 8.39. The molecule has 1 atom stereocenters. The van der Waals surface area contributed by atoms with Gasteiger partial charge < -0.3 is 4.74 Å². The maximum atomic E-state index is 8.18. The predicted molar refractivity (Wildman–Crippen MR) is 43.7 cm³/mol. The van der Waals surface area contributed by atoms with Gasteiger partial charge in [-0.2, -0.15) is 0 Å². The van der Waals surface area contributed by atoms with Crippen molar-refractivity contribution in [1.82, 2.24) is 0 Å². The minimum absolute atomic E-state index is 0.354. The second kappa shape index (κ2) is 2.75. The predicted octanol–water partition coefficient (Wildman–Crippen LogP) is 2.26. The van der Waals surface area contributed by atoms with Gasteiger partial charge in [0.15, 0.2) is 6.23 Å². The van der Waals surface area contributed by atoms with Gasteiger partial charge in [-0.15, -0.1) is 0 Å². The Hall–Kier alpha value is -1.67. The van der Waals surface area contributed by atoms with Crippen LogP contribution in [0, 0.1) is 0 Å². The molecule has 1 aromatic carbocycles. The number of para-hydroxylation sites is 1. The Morgan fingerprint density at radius 1 is 1.50 bits per heavy atom. The van der Waals surface area contributed by atoms with E-state index in [-0.39, 0.29) is 6.23 Å². The van der Waals surface area contributed by atoms with Gasteiger partial charge in [-0.05, 0) is 22.3 Å². The molecule has 4 nitrogen and oxygen atoms in total. The van der Waals surface area contributed by atoms with Crippen LogP contribution in [0.25, 0.3) is 10.4 Å². The van der Waals surface area contributed by atoms with E-state index in [4.69, 9.17) is 10.3 Å². The van der Waals surface area contributed by atoms with E-state index in [0.717, 1.165) is 11.3 Å². The molecule has 0 amide bonds. The van der Waals surface area contributed by atoms with E-state index in [2.05, 4.69) is 10.0 Å². The number of fused-ring (bicyclic) bond motifs is 1. The topological polar surface area (TPSA) is 58.0 Å². The largest absolute Gasteiger partial charge is 0.484 e. The number of rotatable bonds is 1. The summed E-state index contributed by atoms with van der Waals surface area (Å²) < 4.78 is 5.33. The van der Waals surface area contributed by atoms with E-state index in [1.54, 1.807) is 0 Å². The molecule has 1 heterocycles. The monoisotopic (exact) mass is 161 g/mol. The molecule has 0 aromatic heterocycles. The third-order valence-electron chi connectivity index (χ3n) is 1.81. The molecule has 1 aliphatic heterocycles. The molecule has 0 aliphatic carbocycles. The fourth-order valence-corrected chi connectivity index (χ4v) is 1.29. The van der Waals surface area contributed by atoms with E-state index >= 15 is 0 Å². The first-order valence-electron chi connectivity index (χ1n) is 3.69. The van der Waals surface area contributed by atoms with Crippen molar-refractivity contribution in [3.8, 4) is 5.75 Å². The number of hydrogen-bond acceptors (Lipinski definition) is 2. The molecule has 0 bridgehead atoms. The quantitative estimate of drug-likeness (QED) is 0.354. The Bertz CT molecular complexity index is 319. The minimum Gasteiger partial charge on any atom is -0.484 e. The van der Waals surface area contributed by atoms with Crippen LogP contribution in [-0.4, -0.2) is 6.23 Å². The highest BCUT2D eigenvalue weighted by atomic mass is 16.5. The van der Waals surface area contributed by atoms with Crippen molar-refractivity contribution in [1.29, 1.82) is 0 Å². The van der Waals surface area contributed by atoms with Gasteiger partial charge in [0.1, 0.15) is 5.75 Å². The zero-order valence-corrected chi connectivity index (χ0v) is 6.34. The van der Waals surface area contributed by atoms with Crippen LogP contribution in [0.5, 0.6) is 5.75 Å². The van der Waals surface area contributed by atoms with Crippen LogP contribution in [0.3, 0.4) is 0 Å². The van der Waals surface area contributed by atoms with Crippen molar-refractivity contribution in [2.45, 2.75) is 12.6 Å². The molecule has 12 heavy (non-hydrogen) atoms. The van der Waals surface area contributed by atoms with E-state index in [1.165, 1.54) is 0 Å². The smallest absolute Gasteiger partial charge is 0.181 e. The van der Waals surface area contributed by atoms with Gasteiger partial charge >= 0.3 is 0 Å². The fraction of sp³-hybridized carbons (Fsp3) is 0.250. The lowest BCUT2D eigenvalue weighted by Crippen LogP contribution is -2.07. The molecule has 4 heteroatoms. The highest BCUT2D eigenvalue weighted by molar-refractivity contribution is 5.36. The Labute approximate surface area is 69.4 Å². The maximum absolute atomic E-state index is 8.18. The zero-order valence-electron chi connectivity index (χ0n) is 6.34. The number of ether oxygens (including phenoxy) is 1. The maximum Gasteiger partial charge on any atom is 0.181 e. The molecular formula is C8H7N3O. The Balaban J connectivity index is 2.27. The lowest BCUT2D eigenvalue weighted by atomic mass is 10.2. The standard InChI is InChI=1S/C8H7N3O/c9-11-10-8-5-6-3-1-2-4-7(6)12-8/h1-4,8H,5H2. The third-order valence-corrected chi connectivity index (χ3v) is 1.81. The van der Waals surface area contributed by atoms with Crippen molar-refractivity contribution in [2.75, 3.05) is 0 Å². The van der Waals surface area contributed by atoms with Crippen molar-refractivity contribution < 1.29 is 4.74 Å². The van der Waals surface area contributed by atoms with Crippen molar-refractivity contribution in [2.24, 2.45) is 5.11 Å². The van der Waals surface area contributed by atoms with Crippen LogP contribution in [0.4, 0.5) is 0 Å². The summed E-state index contributed by atoms with van der Waals surface area (Å²) in [5.74, 6) is 0.829. The van der Waals surface area contributed by atoms with Crippen LogP contribution >= 0.6 is 0 Å². The summed E-state index contributed by atoms with van der Waals surface area (Å²) in [4.78, 5) is 2.70. The number of hydrogen-bond donors (Lipinski definition) is 0. The highest BCUT2D eigenvalue weighted by Crippen LogP contribution is 2.28. The van der Waals surface area contributed by atoms with E-state index in [0.29, 0.717) is 6.42 Å². The summed E-state index contributed by atoms with van der Waals surface area (Å²) in [7, 11) is 0. The summed E-state index contributed by atoms with van der Waals surface area (Å²) in [5, 5.41) is 3.50. The lowest BCUT2D eigenvalue weighted by molar-refractivity contribution is 0.241. The first-order chi connectivity index (χ1) is 5.90. The summed E-state index contributed by atoms with van der Waals surface area (Å²) in [6.45, 7) is 0. The minimum atomic E-state index is -0.354. The molecule has 0 saturated heterocycles. The van der Waals surface area contributed by atoms with E-state index < -0.39 is 0 Å². The van der Waals surface area contributed by atoms with Gasteiger partial charge in [0.05, 0.1) is 0 Å². The molecule has 0 fully saturated rings. The lowest BCUT2D eigenvalue weighted by Gasteiger charge is -2.00. The van der Waals surface area contributed by atoms with Crippen LogP contribution < -0.4 is 4.74 Å². The average molecular weight is 161 g/mol. The molecule has 0 saturated carbocycles.